The molecule has 0 aromatic rings. The number of hydrogen-bond acceptors (Lipinski definition) is 3. The lowest BCUT2D eigenvalue weighted by Crippen LogP contribution is -2.51. The molecule has 1 saturated heterocycles. The van der Waals surface area contributed by atoms with E-state index in [0.29, 0.717) is 12.8 Å². The van der Waals surface area contributed by atoms with E-state index in [1.54, 1.807) is 12.0 Å². The van der Waals surface area contributed by atoms with Crippen molar-refractivity contribution in [2.24, 2.45) is 5.41 Å². The fourth-order valence-electron chi connectivity index (χ4n) is 2.71. The minimum absolute atomic E-state index is 0.0264. The van der Waals surface area contributed by atoms with Gasteiger partial charge in [0.25, 0.3) is 0 Å². The largest absolute Gasteiger partial charge is 0.481 e. The van der Waals surface area contributed by atoms with E-state index in [2.05, 4.69) is 0 Å². The topological polar surface area (TPSA) is 49.8 Å². The van der Waals surface area contributed by atoms with E-state index < -0.39 is 24.1 Å². The molecule has 1 heterocycles. The first-order valence-corrected chi connectivity index (χ1v) is 5.87. The molecule has 0 aromatic heterocycles. The molecule has 0 radical (unpaired) electrons. The molecule has 0 bridgehead atoms. The molecule has 1 saturated carbocycles. The highest BCUT2D eigenvalue weighted by molar-refractivity contribution is 5.76. The van der Waals surface area contributed by atoms with Crippen LogP contribution in [0.25, 0.3) is 0 Å². The zero-order chi connectivity index (χ0) is 13.6. The Morgan fingerprint density at radius 2 is 2.06 bits per heavy atom. The Balaban J connectivity index is 2.04. The van der Waals surface area contributed by atoms with Crippen molar-refractivity contribution in [3.8, 4) is 0 Å². The molecule has 1 unspecified atom stereocenters. The molecule has 0 amide bonds. The van der Waals surface area contributed by atoms with Crippen LogP contribution in [0, 0.1) is 5.41 Å². The summed E-state index contributed by atoms with van der Waals surface area (Å²) in [6.45, 7) is -0.250. The van der Waals surface area contributed by atoms with Crippen molar-refractivity contribution in [3.63, 3.8) is 0 Å². The van der Waals surface area contributed by atoms with Crippen molar-refractivity contribution in [3.05, 3.63) is 0 Å². The van der Waals surface area contributed by atoms with Crippen LogP contribution in [0.4, 0.5) is 13.2 Å². The zero-order valence-electron chi connectivity index (χ0n) is 10.0. The van der Waals surface area contributed by atoms with Gasteiger partial charge < -0.3 is 9.84 Å². The average molecular weight is 267 g/mol. The van der Waals surface area contributed by atoms with Gasteiger partial charge in [0.2, 0.25) is 0 Å². The maximum absolute atomic E-state index is 12.9. The molecule has 1 N–H and O–H groups in total. The highest BCUT2D eigenvalue weighted by atomic mass is 19.4. The lowest BCUT2D eigenvalue weighted by atomic mass is 9.85. The van der Waals surface area contributed by atoms with Crippen LogP contribution >= 0.6 is 0 Å². The second kappa shape index (κ2) is 4.38. The Morgan fingerprint density at radius 3 is 2.44 bits per heavy atom. The molecule has 18 heavy (non-hydrogen) atoms. The second-order valence-electron chi connectivity index (χ2n) is 5.09. The van der Waals surface area contributed by atoms with Crippen molar-refractivity contribution >= 4 is 5.97 Å². The molecule has 0 aromatic carbocycles. The van der Waals surface area contributed by atoms with Gasteiger partial charge in [-0.05, 0) is 25.8 Å². The van der Waals surface area contributed by atoms with Gasteiger partial charge in [0.05, 0.1) is 6.10 Å². The van der Waals surface area contributed by atoms with Crippen LogP contribution in [0.3, 0.4) is 0 Å². The number of carboxylic acid groups (broad SMARTS) is 1. The maximum atomic E-state index is 12.9. The summed E-state index contributed by atoms with van der Waals surface area (Å²) in [5.74, 6) is -1.76. The van der Waals surface area contributed by atoms with E-state index >= 15 is 0 Å². The molecule has 0 spiro atoms. The number of methoxy groups -OCH3 is 1. The fourth-order valence-corrected chi connectivity index (χ4v) is 2.71. The summed E-state index contributed by atoms with van der Waals surface area (Å²) >= 11 is 0. The van der Waals surface area contributed by atoms with E-state index in [1.807, 2.05) is 0 Å². The Labute approximate surface area is 103 Å². The molecule has 4 nitrogen and oxygen atoms in total. The SMILES string of the molecule is COC1CC(N2CCC(C(=O)O)(C(F)(F)F)C2)C1. The van der Waals surface area contributed by atoms with Gasteiger partial charge in [-0.3, -0.25) is 9.69 Å². The Bertz CT molecular complexity index is 341. The molecule has 2 aliphatic rings. The van der Waals surface area contributed by atoms with Gasteiger partial charge in [-0.15, -0.1) is 0 Å². The van der Waals surface area contributed by atoms with Crippen LogP contribution in [-0.2, 0) is 9.53 Å². The quantitative estimate of drug-likeness (QED) is 0.842. The van der Waals surface area contributed by atoms with Gasteiger partial charge in [0.15, 0.2) is 5.41 Å². The van der Waals surface area contributed by atoms with Crippen molar-refractivity contribution < 1.29 is 27.8 Å². The standard InChI is InChI=1S/C11H16F3NO3/c1-18-8-4-7(5-8)15-3-2-10(6-15,9(16)17)11(12,13)14/h7-8H,2-6H2,1H3,(H,16,17). The summed E-state index contributed by atoms with van der Waals surface area (Å²) in [5.41, 5.74) is -2.59. The summed E-state index contributed by atoms with van der Waals surface area (Å²) in [6, 6.07) is 0.0264. The minimum atomic E-state index is -4.70. The van der Waals surface area contributed by atoms with Crippen molar-refractivity contribution in [2.45, 2.75) is 37.6 Å². The predicted octanol–water partition coefficient (Wildman–Crippen LogP) is 1.50. The number of aliphatic carboxylic acids is 1. The van der Waals surface area contributed by atoms with E-state index in [-0.39, 0.29) is 25.1 Å². The number of carbonyl (C=O) groups is 1. The van der Waals surface area contributed by atoms with E-state index in [1.165, 1.54) is 0 Å². The third kappa shape index (κ3) is 1.99. The molecule has 2 fully saturated rings. The van der Waals surface area contributed by atoms with Crippen LogP contribution in [0.15, 0.2) is 0 Å². The van der Waals surface area contributed by atoms with Crippen LogP contribution in [0.2, 0.25) is 0 Å². The lowest BCUT2D eigenvalue weighted by molar-refractivity contribution is -0.228. The maximum Gasteiger partial charge on any atom is 0.406 e. The minimum Gasteiger partial charge on any atom is -0.481 e. The van der Waals surface area contributed by atoms with Gasteiger partial charge in [-0.1, -0.05) is 0 Å². The van der Waals surface area contributed by atoms with E-state index in [4.69, 9.17) is 9.84 Å². The Kier molecular flexibility index (Phi) is 3.31. The van der Waals surface area contributed by atoms with Crippen molar-refractivity contribution in [1.29, 1.82) is 0 Å². The summed E-state index contributed by atoms with van der Waals surface area (Å²) in [7, 11) is 1.57. The number of alkyl halides is 3. The van der Waals surface area contributed by atoms with Crippen LogP contribution in [0.1, 0.15) is 19.3 Å². The summed E-state index contributed by atoms with van der Waals surface area (Å²) in [6.07, 6.45) is -3.59. The first-order valence-electron chi connectivity index (χ1n) is 5.87. The molecular formula is C11H16F3NO3. The fraction of sp³-hybridized carbons (Fsp3) is 0.909. The predicted molar refractivity (Wildman–Crippen MR) is 56.1 cm³/mol. The monoisotopic (exact) mass is 267 g/mol. The van der Waals surface area contributed by atoms with Crippen LogP contribution in [-0.4, -0.2) is 54.5 Å². The van der Waals surface area contributed by atoms with E-state index in [9.17, 15) is 18.0 Å². The highest BCUT2D eigenvalue weighted by Gasteiger charge is 2.64. The summed E-state index contributed by atoms with van der Waals surface area (Å²) < 4.78 is 43.9. The number of halogens is 3. The van der Waals surface area contributed by atoms with Gasteiger partial charge in [0.1, 0.15) is 0 Å². The average Bonchev–Trinajstić information content (AvgIpc) is 2.61. The third-order valence-electron chi connectivity index (χ3n) is 4.17. The summed E-state index contributed by atoms with van der Waals surface area (Å²) in [5, 5.41) is 8.92. The van der Waals surface area contributed by atoms with Crippen LogP contribution < -0.4 is 0 Å². The van der Waals surface area contributed by atoms with E-state index in [0.717, 1.165) is 0 Å². The zero-order valence-corrected chi connectivity index (χ0v) is 10.0. The first kappa shape index (κ1) is 13.6. The molecule has 1 atom stereocenters. The van der Waals surface area contributed by atoms with Gasteiger partial charge >= 0.3 is 12.1 Å². The van der Waals surface area contributed by atoms with Crippen molar-refractivity contribution in [1.82, 2.24) is 4.90 Å². The molecule has 1 aliphatic heterocycles. The Morgan fingerprint density at radius 1 is 1.44 bits per heavy atom. The molecule has 7 heteroatoms. The van der Waals surface area contributed by atoms with Crippen LogP contribution in [0.5, 0.6) is 0 Å². The number of rotatable bonds is 3. The van der Waals surface area contributed by atoms with Crippen molar-refractivity contribution in [2.75, 3.05) is 20.2 Å². The highest BCUT2D eigenvalue weighted by Crippen LogP contribution is 2.47. The normalized spacial score (nSPS) is 37.6. The lowest BCUT2D eigenvalue weighted by Gasteiger charge is -2.41. The third-order valence-corrected chi connectivity index (χ3v) is 4.17. The second-order valence-corrected chi connectivity index (χ2v) is 5.09. The van der Waals surface area contributed by atoms with Gasteiger partial charge in [0, 0.05) is 19.7 Å². The number of carboxylic acids is 1. The molecule has 104 valence electrons. The first-order chi connectivity index (χ1) is 8.30. The van der Waals surface area contributed by atoms with Gasteiger partial charge in [-0.25, -0.2) is 0 Å². The number of hydrogen-bond donors (Lipinski definition) is 1. The van der Waals surface area contributed by atoms with Gasteiger partial charge in [-0.2, -0.15) is 13.2 Å². The number of nitrogens with zero attached hydrogens (tertiary/aromatic N) is 1. The molecule has 1 aliphatic carbocycles. The number of ether oxygens (including phenoxy) is 1. The smallest absolute Gasteiger partial charge is 0.406 e. The Hall–Kier alpha value is -0.820. The molecule has 2 rings (SSSR count). The number of likely N-dealkylation sites (tertiary alicyclic amines) is 1. The molecular weight excluding hydrogens is 251 g/mol. The summed E-state index contributed by atoms with van der Waals surface area (Å²) in [4.78, 5) is 12.6.